The van der Waals surface area contributed by atoms with Gasteiger partial charge >= 0.3 is 0 Å². The van der Waals surface area contributed by atoms with Crippen molar-refractivity contribution >= 4 is 0 Å². The van der Waals surface area contributed by atoms with Gasteiger partial charge in [0.25, 0.3) is 0 Å². The highest BCUT2D eigenvalue weighted by molar-refractivity contribution is 5.00. The summed E-state index contributed by atoms with van der Waals surface area (Å²) in [6, 6.07) is 0. The number of ether oxygens (including phenoxy) is 6. The molecule has 0 bridgehead atoms. The second-order valence-corrected chi connectivity index (χ2v) is 18.5. The van der Waals surface area contributed by atoms with E-state index in [0.29, 0.717) is 40.0 Å². The lowest BCUT2D eigenvalue weighted by Crippen LogP contribution is -2.48. The molecule has 0 aromatic rings. The van der Waals surface area contributed by atoms with Crippen molar-refractivity contribution in [3.8, 4) is 0 Å². The van der Waals surface area contributed by atoms with Gasteiger partial charge in [0, 0.05) is 16.2 Å². The molecule has 0 N–H and O–H groups in total. The van der Waals surface area contributed by atoms with Gasteiger partial charge in [0.15, 0.2) is 0 Å². The molecule has 0 amide bonds. The molecule has 4 saturated carbocycles. The van der Waals surface area contributed by atoms with Crippen LogP contribution in [0.3, 0.4) is 0 Å². The third-order valence-corrected chi connectivity index (χ3v) is 15.9. The van der Waals surface area contributed by atoms with Gasteiger partial charge in [-0.2, -0.15) is 0 Å². The summed E-state index contributed by atoms with van der Waals surface area (Å²) in [5.74, 6) is 3.62. The van der Waals surface area contributed by atoms with Crippen molar-refractivity contribution in [3.63, 3.8) is 0 Å². The quantitative estimate of drug-likeness (QED) is 0.173. The lowest BCUT2D eigenvalue weighted by atomic mass is 9.51. The fourth-order valence-electron chi connectivity index (χ4n) is 11.4. The molecular weight excluding hydrogens is 600 g/mol. The number of rotatable bonds is 15. The molecule has 0 radical (unpaired) electrons. The molecule has 7 aliphatic rings. The SMILES string of the molecule is CCC1(COC2CCC(C3CCC(C4CCC(OCC5(CC)COC5)CC4)(C4CCC(OCC5(CC)COC5)CC4)CC3)CC2)COC1. The summed E-state index contributed by atoms with van der Waals surface area (Å²) < 4.78 is 36.5. The summed E-state index contributed by atoms with van der Waals surface area (Å²) in [5, 5.41) is 0. The van der Waals surface area contributed by atoms with E-state index >= 15 is 0 Å². The van der Waals surface area contributed by atoms with Crippen molar-refractivity contribution < 1.29 is 28.4 Å². The summed E-state index contributed by atoms with van der Waals surface area (Å²) in [4.78, 5) is 0. The maximum absolute atomic E-state index is 6.62. The Labute approximate surface area is 293 Å². The maximum Gasteiger partial charge on any atom is 0.0575 e. The van der Waals surface area contributed by atoms with Gasteiger partial charge in [0.2, 0.25) is 0 Å². The Hall–Kier alpha value is -0.240. The normalized spacial score (nSPS) is 40.7. The highest BCUT2D eigenvalue weighted by Gasteiger charge is 2.50. The van der Waals surface area contributed by atoms with Crippen LogP contribution in [0.1, 0.15) is 143 Å². The van der Waals surface area contributed by atoms with Gasteiger partial charge in [0.05, 0.1) is 77.8 Å². The van der Waals surface area contributed by atoms with E-state index in [-0.39, 0.29) is 0 Å². The first-order valence-electron chi connectivity index (χ1n) is 21.0. The van der Waals surface area contributed by atoms with Crippen molar-refractivity contribution in [2.75, 3.05) is 59.5 Å². The topological polar surface area (TPSA) is 55.4 Å². The molecular formula is C42H72O6. The van der Waals surface area contributed by atoms with E-state index < -0.39 is 0 Å². The minimum absolute atomic E-state index is 0.300. The van der Waals surface area contributed by atoms with E-state index in [1.165, 1.54) is 122 Å². The van der Waals surface area contributed by atoms with Crippen LogP contribution in [-0.4, -0.2) is 77.8 Å². The monoisotopic (exact) mass is 673 g/mol. The predicted molar refractivity (Wildman–Crippen MR) is 190 cm³/mol. The van der Waals surface area contributed by atoms with Crippen LogP contribution in [0.5, 0.6) is 0 Å². The van der Waals surface area contributed by atoms with Gasteiger partial charge in [-0.05, 0) is 151 Å². The van der Waals surface area contributed by atoms with Gasteiger partial charge in [0.1, 0.15) is 0 Å². The molecule has 3 aliphatic heterocycles. The van der Waals surface area contributed by atoms with Crippen molar-refractivity contribution in [1.29, 1.82) is 0 Å². The van der Waals surface area contributed by atoms with Crippen LogP contribution >= 0.6 is 0 Å². The van der Waals surface area contributed by atoms with Gasteiger partial charge in [-0.25, -0.2) is 0 Å². The minimum Gasteiger partial charge on any atom is -0.380 e. The Morgan fingerprint density at radius 3 is 1.02 bits per heavy atom. The summed E-state index contributed by atoms with van der Waals surface area (Å²) in [5.41, 5.74) is 1.46. The zero-order chi connectivity index (χ0) is 33.1. The Kier molecular flexibility index (Phi) is 11.9. The Morgan fingerprint density at radius 2 is 0.729 bits per heavy atom. The zero-order valence-electron chi connectivity index (χ0n) is 31.3. The molecule has 276 valence electrons. The summed E-state index contributed by atoms with van der Waals surface area (Å²) >= 11 is 0. The number of hydrogen-bond donors (Lipinski definition) is 0. The Balaban J connectivity index is 0.923. The van der Waals surface area contributed by atoms with Crippen LogP contribution in [-0.2, 0) is 28.4 Å². The first kappa shape index (κ1) is 36.1. The van der Waals surface area contributed by atoms with E-state index in [4.69, 9.17) is 28.4 Å². The molecule has 0 spiro atoms. The predicted octanol–water partition coefficient (Wildman–Crippen LogP) is 9.17. The third kappa shape index (κ3) is 7.75. The van der Waals surface area contributed by atoms with E-state index in [1.54, 1.807) is 0 Å². The fourth-order valence-corrected chi connectivity index (χ4v) is 11.4. The van der Waals surface area contributed by atoms with E-state index in [2.05, 4.69) is 20.8 Å². The largest absolute Gasteiger partial charge is 0.380 e. The molecule has 0 aromatic heterocycles. The highest BCUT2D eigenvalue weighted by atomic mass is 16.5. The van der Waals surface area contributed by atoms with Gasteiger partial charge in [-0.1, -0.05) is 20.8 Å². The minimum atomic E-state index is 0.300. The van der Waals surface area contributed by atoms with Crippen LogP contribution in [0.15, 0.2) is 0 Å². The molecule has 6 heteroatoms. The average molecular weight is 673 g/mol. The molecule has 4 aliphatic carbocycles. The molecule has 7 rings (SSSR count). The van der Waals surface area contributed by atoms with Gasteiger partial charge in [-0.15, -0.1) is 0 Å². The second-order valence-electron chi connectivity index (χ2n) is 18.5. The smallest absolute Gasteiger partial charge is 0.0575 e. The van der Waals surface area contributed by atoms with E-state index in [9.17, 15) is 0 Å². The first-order valence-corrected chi connectivity index (χ1v) is 21.0. The molecule has 48 heavy (non-hydrogen) atoms. The van der Waals surface area contributed by atoms with E-state index in [0.717, 1.165) is 83.1 Å². The van der Waals surface area contributed by atoms with Crippen molar-refractivity contribution in [3.05, 3.63) is 0 Å². The molecule has 6 nitrogen and oxygen atoms in total. The highest BCUT2D eigenvalue weighted by Crippen LogP contribution is 2.59. The summed E-state index contributed by atoms with van der Waals surface area (Å²) in [7, 11) is 0. The van der Waals surface area contributed by atoms with Crippen molar-refractivity contribution in [1.82, 2.24) is 0 Å². The zero-order valence-corrected chi connectivity index (χ0v) is 31.3. The standard InChI is InChI=1S/C42H72O6/c1-4-39(23-43-24-39)29-46-36-13-7-32(8-14-36)33-19-21-42(22-20-33,34-9-15-37(16-10-34)47-30-40(5-2)25-44-26-40)35-11-17-38(18-12-35)48-31-41(6-3)27-45-28-41/h32-38H,4-31H2,1-3H3. The third-order valence-electron chi connectivity index (χ3n) is 15.9. The summed E-state index contributed by atoms with van der Waals surface area (Å²) in [6.07, 6.45) is 26.8. The fraction of sp³-hybridized carbons (Fsp3) is 1.00. The molecule has 0 aromatic carbocycles. The molecule has 3 heterocycles. The molecule has 0 atom stereocenters. The molecule has 7 fully saturated rings. The van der Waals surface area contributed by atoms with E-state index in [1.807, 2.05) is 0 Å². The van der Waals surface area contributed by atoms with Crippen molar-refractivity contribution in [2.45, 2.75) is 161 Å². The molecule has 0 unspecified atom stereocenters. The lowest BCUT2D eigenvalue weighted by Gasteiger charge is -2.55. The van der Waals surface area contributed by atoms with Crippen LogP contribution < -0.4 is 0 Å². The average Bonchev–Trinajstić information content (AvgIpc) is 3.08. The van der Waals surface area contributed by atoms with Crippen LogP contribution in [0.4, 0.5) is 0 Å². The number of hydrogen-bond acceptors (Lipinski definition) is 6. The Bertz CT molecular complexity index is 906. The van der Waals surface area contributed by atoms with Gasteiger partial charge < -0.3 is 28.4 Å². The van der Waals surface area contributed by atoms with Crippen molar-refractivity contribution in [2.24, 2.45) is 45.3 Å². The van der Waals surface area contributed by atoms with Crippen LogP contribution in [0.25, 0.3) is 0 Å². The second kappa shape index (κ2) is 15.8. The summed E-state index contributed by atoms with van der Waals surface area (Å²) in [6.45, 7) is 15.0. The lowest BCUT2D eigenvalue weighted by molar-refractivity contribution is -0.169. The van der Waals surface area contributed by atoms with Gasteiger partial charge in [-0.3, -0.25) is 0 Å². The Morgan fingerprint density at radius 1 is 0.417 bits per heavy atom. The van der Waals surface area contributed by atoms with Crippen LogP contribution in [0, 0.1) is 45.3 Å². The maximum atomic E-state index is 6.62. The molecule has 3 saturated heterocycles. The van der Waals surface area contributed by atoms with Crippen LogP contribution in [0.2, 0.25) is 0 Å². The first-order chi connectivity index (χ1) is 23.4.